The first-order valence-electron chi connectivity index (χ1n) is 9.05. The van der Waals surface area contributed by atoms with Crippen LogP contribution in [0, 0.1) is 6.92 Å². The number of benzene rings is 3. The Labute approximate surface area is 163 Å². The summed E-state index contributed by atoms with van der Waals surface area (Å²) in [5.41, 5.74) is 3.47. The van der Waals surface area contributed by atoms with E-state index in [-0.39, 0.29) is 5.91 Å². The minimum atomic E-state index is -0.195. The van der Waals surface area contributed by atoms with Gasteiger partial charge in [0.05, 0.1) is 0 Å². The second-order valence-electron chi connectivity index (χ2n) is 6.48. The summed E-state index contributed by atoms with van der Waals surface area (Å²) >= 11 is 0. The van der Waals surface area contributed by atoms with E-state index in [0.29, 0.717) is 17.2 Å². The van der Waals surface area contributed by atoms with Crippen LogP contribution in [0.2, 0.25) is 0 Å². The van der Waals surface area contributed by atoms with E-state index in [1.807, 2.05) is 97.9 Å². The van der Waals surface area contributed by atoms with Crippen molar-refractivity contribution in [2.24, 2.45) is 0 Å². The highest BCUT2D eigenvalue weighted by atomic mass is 16.2. The highest BCUT2D eigenvalue weighted by Crippen LogP contribution is 2.23. The SMILES string of the molecule is Cc1ccc(C(=O)n2nc(Nc3ccccc3)cc2Nc2ccccc2)cc1. The molecule has 0 aliphatic rings. The number of aromatic nitrogens is 2. The van der Waals surface area contributed by atoms with Gasteiger partial charge >= 0.3 is 0 Å². The van der Waals surface area contributed by atoms with Gasteiger partial charge in [-0.25, -0.2) is 0 Å². The van der Waals surface area contributed by atoms with Crippen LogP contribution in [-0.4, -0.2) is 15.7 Å². The van der Waals surface area contributed by atoms with Crippen LogP contribution in [-0.2, 0) is 0 Å². The molecule has 4 aromatic rings. The number of hydrogen-bond donors (Lipinski definition) is 2. The van der Waals surface area contributed by atoms with Crippen LogP contribution in [0.15, 0.2) is 91.0 Å². The Morgan fingerprint density at radius 3 is 1.96 bits per heavy atom. The number of carbonyl (C=O) groups excluding carboxylic acids is 1. The van der Waals surface area contributed by atoms with Crippen molar-refractivity contribution in [1.82, 2.24) is 9.78 Å². The molecule has 138 valence electrons. The molecule has 0 radical (unpaired) electrons. The number of hydrogen-bond acceptors (Lipinski definition) is 4. The van der Waals surface area contributed by atoms with Crippen molar-refractivity contribution in [2.45, 2.75) is 6.92 Å². The number of aryl methyl sites for hydroxylation is 1. The van der Waals surface area contributed by atoms with Crippen LogP contribution < -0.4 is 10.6 Å². The monoisotopic (exact) mass is 368 g/mol. The molecular formula is C23H20N4O. The van der Waals surface area contributed by atoms with Gasteiger partial charge in [0.2, 0.25) is 0 Å². The Kier molecular flexibility index (Phi) is 4.89. The number of nitrogens with one attached hydrogen (secondary N) is 2. The summed E-state index contributed by atoms with van der Waals surface area (Å²) in [7, 11) is 0. The quantitative estimate of drug-likeness (QED) is 0.497. The third kappa shape index (κ3) is 3.94. The van der Waals surface area contributed by atoms with Crippen molar-refractivity contribution >= 4 is 28.9 Å². The average molecular weight is 368 g/mol. The summed E-state index contributed by atoms with van der Waals surface area (Å²) in [4.78, 5) is 13.1. The fourth-order valence-electron chi connectivity index (χ4n) is 2.84. The van der Waals surface area contributed by atoms with Gasteiger partial charge in [-0.1, -0.05) is 54.1 Å². The summed E-state index contributed by atoms with van der Waals surface area (Å²) in [6, 6.07) is 28.7. The van der Waals surface area contributed by atoms with E-state index in [2.05, 4.69) is 15.7 Å². The van der Waals surface area contributed by atoms with Crippen LogP contribution in [0.4, 0.5) is 23.0 Å². The number of para-hydroxylation sites is 2. The highest BCUT2D eigenvalue weighted by molar-refractivity contribution is 5.98. The molecule has 0 bridgehead atoms. The number of rotatable bonds is 5. The van der Waals surface area contributed by atoms with E-state index < -0.39 is 0 Å². The summed E-state index contributed by atoms with van der Waals surface area (Å²) < 4.78 is 1.39. The summed E-state index contributed by atoms with van der Waals surface area (Å²) in [6.07, 6.45) is 0. The molecule has 0 unspecified atom stereocenters. The smallest absolute Gasteiger partial charge is 0.280 e. The maximum atomic E-state index is 13.1. The molecule has 0 spiro atoms. The number of anilines is 4. The van der Waals surface area contributed by atoms with Gasteiger partial charge in [0.25, 0.3) is 5.91 Å². The molecule has 5 nitrogen and oxygen atoms in total. The van der Waals surface area contributed by atoms with E-state index in [4.69, 9.17) is 0 Å². The van der Waals surface area contributed by atoms with E-state index in [9.17, 15) is 4.79 Å². The Morgan fingerprint density at radius 1 is 0.786 bits per heavy atom. The molecule has 4 rings (SSSR count). The zero-order valence-corrected chi connectivity index (χ0v) is 15.5. The van der Waals surface area contributed by atoms with Crippen LogP contribution in [0.1, 0.15) is 15.9 Å². The minimum Gasteiger partial charge on any atom is -0.340 e. The highest BCUT2D eigenvalue weighted by Gasteiger charge is 2.17. The van der Waals surface area contributed by atoms with Gasteiger partial charge in [-0.05, 0) is 43.3 Å². The Morgan fingerprint density at radius 2 is 1.36 bits per heavy atom. The zero-order chi connectivity index (χ0) is 19.3. The summed E-state index contributed by atoms with van der Waals surface area (Å²) in [5.74, 6) is 0.986. The largest absolute Gasteiger partial charge is 0.340 e. The summed E-state index contributed by atoms with van der Waals surface area (Å²) in [6.45, 7) is 1.99. The third-order valence-corrected chi connectivity index (χ3v) is 4.29. The fourth-order valence-corrected chi connectivity index (χ4v) is 2.84. The van der Waals surface area contributed by atoms with Crippen molar-refractivity contribution in [3.05, 3.63) is 102 Å². The molecule has 0 amide bonds. The van der Waals surface area contributed by atoms with Crippen molar-refractivity contribution in [1.29, 1.82) is 0 Å². The second kappa shape index (κ2) is 7.80. The van der Waals surface area contributed by atoms with Crippen LogP contribution >= 0.6 is 0 Å². The topological polar surface area (TPSA) is 59.0 Å². The Balaban J connectivity index is 1.69. The fraction of sp³-hybridized carbons (Fsp3) is 0.0435. The lowest BCUT2D eigenvalue weighted by atomic mass is 10.1. The van der Waals surface area contributed by atoms with Gasteiger partial charge in [0, 0.05) is 23.0 Å². The molecule has 0 saturated carbocycles. The van der Waals surface area contributed by atoms with Gasteiger partial charge in [0.1, 0.15) is 5.82 Å². The number of carbonyl (C=O) groups is 1. The van der Waals surface area contributed by atoms with Gasteiger partial charge < -0.3 is 10.6 Å². The molecule has 2 N–H and O–H groups in total. The standard InChI is InChI=1S/C23H20N4O/c1-17-12-14-18(15-13-17)23(28)27-22(25-20-10-6-3-7-11-20)16-21(26-27)24-19-8-4-2-5-9-19/h2-16,25H,1H3,(H,24,26). The molecule has 1 aromatic heterocycles. The molecule has 0 fully saturated rings. The van der Waals surface area contributed by atoms with Gasteiger partial charge in [-0.2, -0.15) is 4.68 Å². The molecule has 28 heavy (non-hydrogen) atoms. The van der Waals surface area contributed by atoms with Gasteiger partial charge in [-0.3, -0.25) is 4.79 Å². The Hall–Kier alpha value is -3.86. The van der Waals surface area contributed by atoms with E-state index in [0.717, 1.165) is 16.9 Å². The van der Waals surface area contributed by atoms with Crippen molar-refractivity contribution in [3.63, 3.8) is 0 Å². The lowest BCUT2D eigenvalue weighted by molar-refractivity contribution is 0.0948. The van der Waals surface area contributed by atoms with Crippen LogP contribution in [0.3, 0.4) is 0 Å². The lowest BCUT2D eigenvalue weighted by Crippen LogP contribution is -2.16. The van der Waals surface area contributed by atoms with E-state index in [1.165, 1.54) is 4.68 Å². The molecule has 0 saturated heterocycles. The molecule has 1 heterocycles. The average Bonchev–Trinajstić information content (AvgIpc) is 3.11. The maximum absolute atomic E-state index is 13.1. The van der Waals surface area contributed by atoms with Crippen molar-refractivity contribution in [3.8, 4) is 0 Å². The molecule has 0 aliphatic heterocycles. The van der Waals surface area contributed by atoms with Gasteiger partial charge in [-0.15, -0.1) is 5.10 Å². The first-order valence-corrected chi connectivity index (χ1v) is 9.05. The molecular weight excluding hydrogens is 348 g/mol. The molecule has 5 heteroatoms. The third-order valence-electron chi connectivity index (χ3n) is 4.29. The lowest BCUT2D eigenvalue weighted by Gasteiger charge is -2.08. The molecule has 0 atom stereocenters. The normalized spacial score (nSPS) is 10.5. The van der Waals surface area contributed by atoms with Crippen LogP contribution in [0.5, 0.6) is 0 Å². The summed E-state index contributed by atoms with van der Waals surface area (Å²) in [5, 5.41) is 11.0. The van der Waals surface area contributed by atoms with Crippen molar-refractivity contribution in [2.75, 3.05) is 10.6 Å². The molecule has 0 aliphatic carbocycles. The second-order valence-corrected chi connectivity index (χ2v) is 6.48. The van der Waals surface area contributed by atoms with E-state index in [1.54, 1.807) is 0 Å². The Bertz CT molecular complexity index is 1070. The van der Waals surface area contributed by atoms with E-state index >= 15 is 0 Å². The predicted octanol–water partition coefficient (Wildman–Crippen LogP) is 5.37. The van der Waals surface area contributed by atoms with Crippen LogP contribution in [0.25, 0.3) is 0 Å². The zero-order valence-electron chi connectivity index (χ0n) is 15.5. The first kappa shape index (κ1) is 17.5. The first-order chi connectivity index (χ1) is 13.7. The maximum Gasteiger partial charge on any atom is 0.280 e. The van der Waals surface area contributed by atoms with Crippen molar-refractivity contribution < 1.29 is 4.79 Å². The minimum absolute atomic E-state index is 0.195. The predicted molar refractivity (Wildman–Crippen MR) is 113 cm³/mol. The number of nitrogens with zero attached hydrogens (tertiary/aromatic N) is 2. The molecule has 3 aromatic carbocycles. The van der Waals surface area contributed by atoms with Gasteiger partial charge in [0.15, 0.2) is 5.82 Å².